The fourth-order valence-corrected chi connectivity index (χ4v) is 6.24. The molecule has 0 spiro atoms. The lowest BCUT2D eigenvalue weighted by Gasteiger charge is -2.36. The Balaban J connectivity index is 1.26. The molecule has 1 fully saturated rings. The Bertz CT molecular complexity index is 1600. The predicted molar refractivity (Wildman–Crippen MR) is 164 cm³/mol. The molecule has 0 saturated carbocycles. The van der Waals surface area contributed by atoms with Gasteiger partial charge >= 0.3 is 0 Å². The maximum atomic E-state index is 13.8. The van der Waals surface area contributed by atoms with E-state index in [9.17, 15) is 14.0 Å². The average molecular weight is 584 g/mol. The molecule has 5 nitrogen and oxygen atoms in total. The summed E-state index contributed by atoms with van der Waals surface area (Å²) in [5.41, 5.74) is 4.03. The quantitative estimate of drug-likeness (QED) is 0.235. The monoisotopic (exact) mass is 583 g/mol. The zero-order valence-electron chi connectivity index (χ0n) is 22.2. The van der Waals surface area contributed by atoms with E-state index in [4.69, 9.17) is 11.6 Å². The fraction of sp³-hybridized carbons (Fsp3) is 0.152. The van der Waals surface area contributed by atoms with E-state index in [1.807, 2.05) is 83.8 Å². The standard InChI is InChI=1S/C33H27ClFN3O2S/c34-26-9-13-28(14-10-26)36-16-18-37(19-17-36)32(39)25-8-15-30-29(21-25)38(22-24-6-11-27(35)12-7-24)33(40)31(41-30)20-23-4-2-1-3-5-23/h1-15,20-21H,16-19,22H2. The van der Waals surface area contributed by atoms with E-state index in [2.05, 4.69) is 4.90 Å². The summed E-state index contributed by atoms with van der Waals surface area (Å²) >= 11 is 7.43. The van der Waals surface area contributed by atoms with Gasteiger partial charge in [-0.25, -0.2) is 4.39 Å². The number of rotatable bonds is 5. The van der Waals surface area contributed by atoms with Crippen molar-refractivity contribution in [2.45, 2.75) is 11.4 Å². The number of anilines is 2. The number of fused-ring (bicyclic) bond motifs is 1. The van der Waals surface area contributed by atoms with Crippen LogP contribution in [-0.2, 0) is 11.3 Å². The lowest BCUT2D eigenvalue weighted by atomic mass is 10.1. The third kappa shape index (κ3) is 6.01. The second kappa shape index (κ2) is 11.8. The number of hydrogen-bond donors (Lipinski definition) is 0. The van der Waals surface area contributed by atoms with Crippen LogP contribution in [0.4, 0.5) is 15.8 Å². The molecule has 4 aromatic rings. The summed E-state index contributed by atoms with van der Waals surface area (Å²) in [6.07, 6.45) is 1.88. The molecule has 4 aromatic carbocycles. The largest absolute Gasteiger partial charge is 0.368 e. The Morgan fingerprint density at radius 3 is 2.29 bits per heavy atom. The molecule has 1 saturated heterocycles. The third-order valence-corrected chi connectivity index (χ3v) is 8.61. The van der Waals surface area contributed by atoms with Crippen molar-refractivity contribution in [3.63, 3.8) is 0 Å². The molecule has 8 heteroatoms. The minimum absolute atomic E-state index is 0.0617. The van der Waals surface area contributed by atoms with E-state index in [-0.39, 0.29) is 24.2 Å². The molecule has 2 heterocycles. The van der Waals surface area contributed by atoms with E-state index in [1.165, 1.54) is 23.9 Å². The first-order valence-corrected chi connectivity index (χ1v) is 14.6. The van der Waals surface area contributed by atoms with Gasteiger partial charge in [-0.15, -0.1) is 0 Å². The van der Waals surface area contributed by atoms with Crippen molar-refractivity contribution in [2.24, 2.45) is 0 Å². The molecule has 6 rings (SSSR count). The zero-order valence-corrected chi connectivity index (χ0v) is 23.7. The van der Waals surface area contributed by atoms with Gasteiger partial charge < -0.3 is 14.7 Å². The van der Waals surface area contributed by atoms with Gasteiger partial charge in [0.15, 0.2) is 0 Å². The molecule has 206 valence electrons. The van der Waals surface area contributed by atoms with Crippen LogP contribution in [0.1, 0.15) is 21.5 Å². The second-order valence-corrected chi connectivity index (χ2v) is 11.5. The summed E-state index contributed by atoms with van der Waals surface area (Å²) in [7, 11) is 0. The smallest absolute Gasteiger partial charge is 0.265 e. The van der Waals surface area contributed by atoms with Crippen LogP contribution in [0.25, 0.3) is 6.08 Å². The van der Waals surface area contributed by atoms with Crippen LogP contribution in [0.2, 0.25) is 5.02 Å². The van der Waals surface area contributed by atoms with Crippen LogP contribution in [0.3, 0.4) is 0 Å². The Labute approximate surface area is 247 Å². The van der Waals surface area contributed by atoms with Gasteiger partial charge in [0.1, 0.15) is 5.82 Å². The maximum Gasteiger partial charge on any atom is 0.265 e. The van der Waals surface area contributed by atoms with Gasteiger partial charge in [-0.2, -0.15) is 0 Å². The van der Waals surface area contributed by atoms with Gasteiger partial charge in [-0.05, 0) is 71.8 Å². The van der Waals surface area contributed by atoms with Gasteiger partial charge in [-0.3, -0.25) is 9.59 Å². The van der Waals surface area contributed by atoms with Gasteiger partial charge in [0.25, 0.3) is 11.8 Å². The Kier molecular flexibility index (Phi) is 7.81. The first-order valence-electron chi connectivity index (χ1n) is 13.4. The van der Waals surface area contributed by atoms with Gasteiger partial charge in [0.2, 0.25) is 0 Å². The number of halogens is 2. The number of carbonyl (C=O) groups is 2. The van der Waals surface area contributed by atoms with E-state index < -0.39 is 0 Å². The Hall–Kier alpha value is -4.07. The van der Waals surface area contributed by atoms with E-state index in [0.717, 1.165) is 34.8 Å². The lowest BCUT2D eigenvalue weighted by Crippen LogP contribution is -2.48. The summed E-state index contributed by atoms with van der Waals surface area (Å²) in [5, 5.41) is 0.697. The van der Waals surface area contributed by atoms with Crippen molar-refractivity contribution in [3.8, 4) is 0 Å². The van der Waals surface area contributed by atoms with Crippen LogP contribution < -0.4 is 9.80 Å². The Morgan fingerprint density at radius 2 is 1.59 bits per heavy atom. The van der Waals surface area contributed by atoms with E-state index >= 15 is 0 Å². The van der Waals surface area contributed by atoms with Crippen molar-refractivity contribution in [2.75, 3.05) is 36.0 Å². The van der Waals surface area contributed by atoms with Crippen LogP contribution in [-0.4, -0.2) is 42.9 Å². The van der Waals surface area contributed by atoms with Crippen molar-refractivity contribution in [1.82, 2.24) is 4.90 Å². The summed E-state index contributed by atoms with van der Waals surface area (Å²) in [4.78, 5) is 34.6. The molecule has 41 heavy (non-hydrogen) atoms. The second-order valence-electron chi connectivity index (χ2n) is 9.98. The highest BCUT2D eigenvalue weighted by atomic mass is 35.5. The van der Waals surface area contributed by atoms with Gasteiger partial charge in [0, 0.05) is 47.3 Å². The van der Waals surface area contributed by atoms with Gasteiger partial charge in [-0.1, -0.05) is 65.8 Å². The van der Waals surface area contributed by atoms with Crippen LogP contribution >= 0.6 is 23.4 Å². The highest BCUT2D eigenvalue weighted by molar-refractivity contribution is 8.04. The molecule has 0 atom stereocenters. The first kappa shape index (κ1) is 27.1. The van der Waals surface area contributed by atoms with Crippen LogP contribution in [0.5, 0.6) is 0 Å². The molecule has 2 aliphatic heterocycles. The van der Waals surface area contributed by atoms with Crippen molar-refractivity contribution in [3.05, 3.63) is 129 Å². The molecule has 0 N–H and O–H groups in total. The lowest BCUT2D eigenvalue weighted by molar-refractivity contribution is -0.114. The summed E-state index contributed by atoms with van der Waals surface area (Å²) < 4.78 is 13.6. The summed E-state index contributed by atoms with van der Waals surface area (Å²) in [6, 6.07) is 29.2. The number of carbonyl (C=O) groups excluding carboxylic acids is 2. The maximum absolute atomic E-state index is 13.8. The molecule has 0 unspecified atom stereocenters. The number of amides is 2. The topological polar surface area (TPSA) is 43.9 Å². The molecule has 2 amide bonds. The van der Waals surface area contributed by atoms with Crippen molar-refractivity contribution in [1.29, 1.82) is 0 Å². The average Bonchev–Trinajstić information content (AvgIpc) is 3.01. The molecule has 0 aromatic heterocycles. The number of nitrogens with zero attached hydrogens (tertiary/aromatic N) is 3. The summed E-state index contributed by atoms with van der Waals surface area (Å²) in [5.74, 6) is -0.548. The predicted octanol–water partition coefficient (Wildman–Crippen LogP) is 7.12. The molecule has 0 bridgehead atoms. The van der Waals surface area contributed by atoms with Crippen molar-refractivity contribution < 1.29 is 14.0 Å². The number of benzene rings is 4. The molecule has 0 aliphatic carbocycles. The van der Waals surface area contributed by atoms with Gasteiger partial charge in [0.05, 0.1) is 17.1 Å². The highest BCUT2D eigenvalue weighted by Crippen LogP contribution is 2.43. The minimum Gasteiger partial charge on any atom is -0.368 e. The Morgan fingerprint density at radius 1 is 0.878 bits per heavy atom. The molecule has 0 radical (unpaired) electrons. The van der Waals surface area contributed by atoms with E-state index in [0.29, 0.717) is 34.3 Å². The fourth-order valence-electron chi connectivity index (χ4n) is 5.08. The van der Waals surface area contributed by atoms with Crippen molar-refractivity contribution >= 4 is 52.6 Å². The van der Waals surface area contributed by atoms with E-state index in [1.54, 1.807) is 17.0 Å². The molecular formula is C33H27ClFN3O2S. The molecule has 2 aliphatic rings. The molecular weight excluding hydrogens is 557 g/mol. The highest BCUT2D eigenvalue weighted by Gasteiger charge is 2.31. The minimum atomic E-state index is -0.330. The summed E-state index contributed by atoms with van der Waals surface area (Å²) in [6.45, 7) is 2.88. The first-order chi connectivity index (χ1) is 19.9. The van der Waals surface area contributed by atoms with Crippen LogP contribution in [0.15, 0.2) is 107 Å². The normalized spacial score (nSPS) is 16.2. The third-order valence-electron chi connectivity index (χ3n) is 7.28. The number of thioether (sulfide) groups is 1. The number of piperazine rings is 1. The number of hydrogen-bond acceptors (Lipinski definition) is 4. The SMILES string of the molecule is O=C(c1ccc2c(c1)N(Cc1ccc(F)cc1)C(=O)C(=Cc1ccccc1)S2)N1CCN(c2ccc(Cl)cc2)CC1. The zero-order chi connectivity index (χ0) is 28.3. The van der Waals surface area contributed by atoms with Crippen LogP contribution in [0, 0.1) is 5.82 Å².